The summed E-state index contributed by atoms with van der Waals surface area (Å²) >= 11 is 0. The fourth-order valence-electron chi connectivity index (χ4n) is 2.49. The third-order valence-electron chi connectivity index (χ3n) is 3.83. The number of rotatable bonds is 4. The first-order chi connectivity index (χ1) is 11.3. The average Bonchev–Trinajstić information content (AvgIpc) is 3.12. The summed E-state index contributed by atoms with van der Waals surface area (Å²) in [5, 5.41) is 6.68. The SMILES string of the molecule is Cc1cc(Nc2cnc(C(=O)N(C)C3CCS(=O)(=O)C3)cn2)no1. The minimum absolute atomic E-state index is 0.00613. The quantitative estimate of drug-likeness (QED) is 0.858. The first kappa shape index (κ1) is 16.4. The number of carbonyl (C=O) groups excluding carboxylic acids is 1. The second-order valence-corrected chi connectivity index (χ2v) is 7.94. The molecule has 1 fully saturated rings. The molecule has 1 aliphatic heterocycles. The van der Waals surface area contributed by atoms with Gasteiger partial charge in [-0.25, -0.2) is 18.4 Å². The van der Waals surface area contributed by atoms with Gasteiger partial charge in [-0.1, -0.05) is 5.16 Å². The minimum Gasteiger partial charge on any atom is -0.360 e. The summed E-state index contributed by atoms with van der Waals surface area (Å²) in [5.41, 5.74) is 0.156. The molecule has 1 unspecified atom stereocenters. The van der Waals surface area contributed by atoms with Gasteiger partial charge < -0.3 is 14.7 Å². The summed E-state index contributed by atoms with van der Waals surface area (Å²) in [6, 6.07) is 1.38. The van der Waals surface area contributed by atoms with Crippen molar-refractivity contribution in [2.24, 2.45) is 0 Å². The number of aryl methyl sites for hydroxylation is 1. The Morgan fingerprint density at radius 2 is 2.12 bits per heavy atom. The zero-order chi connectivity index (χ0) is 17.3. The van der Waals surface area contributed by atoms with Crippen LogP contribution in [0, 0.1) is 6.92 Å². The number of sulfone groups is 1. The second kappa shape index (κ2) is 6.19. The predicted octanol–water partition coefficient (Wildman–Crippen LogP) is 0.776. The molecule has 0 aromatic carbocycles. The van der Waals surface area contributed by atoms with Crippen LogP contribution >= 0.6 is 0 Å². The van der Waals surface area contributed by atoms with Gasteiger partial charge in [-0.05, 0) is 13.3 Å². The van der Waals surface area contributed by atoms with Crippen LogP contribution in [-0.4, -0.2) is 58.9 Å². The highest BCUT2D eigenvalue weighted by Crippen LogP contribution is 2.18. The molecule has 0 spiro atoms. The molecule has 0 saturated carbocycles. The van der Waals surface area contributed by atoms with Gasteiger partial charge in [-0.2, -0.15) is 0 Å². The Morgan fingerprint density at radius 1 is 1.33 bits per heavy atom. The van der Waals surface area contributed by atoms with Crippen LogP contribution in [0.1, 0.15) is 22.7 Å². The molecule has 0 bridgehead atoms. The minimum atomic E-state index is -3.05. The highest BCUT2D eigenvalue weighted by Gasteiger charge is 2.33. The van der Waals surface area contributed by atoms with Gasteiger partial charge in [0.05, 0.1) is 23.9 Å². The van der Waals surface area contributed by atoms with Crippen LogP contribution in [0.3, 0.4) is 0 Å². The Kier molecular flexibility index (Phi) is 4.22. The van der Waals surface area contributed by atoms with E-state index in [0.717, 1.165) is 0 Å². The summed E-state index contributed by atoms with van der Waals surface area (Å²) in [6.45, 7) is 1.77. The van der Waals surface area contributed by atoms with Crippen molar-refractivity contribution in [1.82, 2.24) is 20.0 Å². The summed E-state index contributed by atoms with van der Waals surface area (Å²) in [4.78, 5) is 22.0. The van der Waals surface area contributed by atoms with Gasteiger partial charge >= 0.3 is 0 Å². The van der Waals surface area contributed by atoms with Crippen LogP contribution in [0.25, 0.3) is 0 Å². The van der Waals surface area contributed by atoms with Crippen molar-refractivity contribution < 1.29 is 17.7 Å². The number of hydrogen-bond acceptors (Lipinski definition) is 8. The van der Waals surface area contributed by atoms with Crippen molar-refractivity contribution in [2.45, 2.75) is 19.4 Å². The van der Waals surface area contributed by atoms with Crippen molar-refractivity contribution in [2.75, 3.05) is 23.9 Å². The fourth-order valence-corrected chi connectivity index (χ4v) is 4.26. The summed E-state index contributed by atoms with van der Waals surface area (Å²) in [5.74, 6) is 1.33. The van der Waals surface area contributed by atoms with E-state index < -0.39 is 9.84 Å². The van der Waals surface area contributed by atoms with E-state index in [0.29, 0.717) is 23.8 Å². The molecule has 1 N–H and O–H groups in total. The molecule has 0 aliphatic carbocycles. The van der Waals surface area contributed by atoms with Gasteiger partial charge in [0.15, 0.2) is 15.7 Å². The third-order valence-corrected chi connectivity index (χ3v) is 5.58. The van der Waals surface area contributed by atoms with Crippen molar-refractivity contribution >= 4 is 27.4 Å². The lowest BCUT2D eigenvalue weighted by Crippen LogP contribution is -2.38. The van der Waals surface area contributed by atoms with Gasteiger partial charge in [0.1, 0.15) is 17.3 Å². The van der Waals surface area contributed by atoms with Crippen LogP contribution in [0.5, 0.6) is 0 Å². The maximum absolute atomic E-state index is 12.4. The molecule has 10 heteroatoms. The lowest BCUT2D eigenvalue weighted by molar-refractivity contribution is 0.0741. The monoisotopic (exact) mass is 351 g/mol. The second-order valence-electron chi connectivity index (χ2n) is 5.71. The van der Waals surface area contributed by atoms with E-state index in [9.17, 15) is 13.2 Å². The van der Waals surface area contributed by atoms with Crippen molar-refractivity contribution in [1.29, 1.82) is 0 Å². The Balaban J connectivity index is 1.67. The molecule has 1 saturated heterocycles. The molecule has 1 aliphatic rings. The van der Waals surface area contributed by atoms with E-state index in [4.69, 9.17) is 4.52 Å². The van der Waals surface area contributed by atoms with E-state index in [1.165, 1.54) is 17.3 Å². The molecule has 128 valence electrons. The topological polar surface area (TPSA) is 118 Å². The molecule has 1 atom stereocenters. The standard InChI is InChI=1S/C14H17N5O4S/c1-9-5-12(18-23-9)17-13-7-15-11(6-16-13)14(20)19(2)10-3-4-24(21,22)8-10/h5-7,10H,3-4,8H2,1-2H3,(H,16,17,18). The van der Waals surface area contributed by atoms with Gasteiger partial charge in [-0.15, -0.1) is 0 Å². The normalized spacial score (nSPS) is 19.2. The molecular formula is C14H17N5O4S. The highest BCUT2D eigenvalue weighted by molar-refractivity contribution is 7.91. The first-order valence-electron chi connectivity index (χ1n) is 7.34. The molecule has 1 amide bonds. The lowest BCUT2D eigenvalue weighted by Gasteiger charge is -2.22. The number of nitrogens with one attached hydrogen (secondary N) is 1. The Labute approximate surface area is 139 Å². The molecular weight excluding hydrogens is 334 g/mol. The van der Waals surface area contributed by atoms with Crippen molar-refractivity contribution in [3.8, 4) is 0 Å². The fraction of sp³-hybridized carbons (Fsp3) is 0.429. The Morgan fingerprint density at radius 3 is 2.67 bits per heavy atom. The third kappa shape index (κ3) is 3.53. The van der Waals surface area contributed by atoms with Crippen LogP contribution in [0.2, 0.25) is 0 Å². The molecule has 9 nitrogen and oxygen atoms in total. The average molecular weight is 351 g/mol. The number of hydrogen-bond donors (Lipinski definition) is 1. The summed E-state index contributed by atoms with van der Waals surface area (Å²) in [7, 11) is -1.47. The van der Waals surface area contributed by atoms with Crippen molar-refractivity contribution in [3.05, 3.63) is 29.9 Å². The maximum Gasteiger partial charge on any atom is 0.274 e. The summed E-state index contributed by atoms with van der Waals surface area (Å²) < 4.78 is 28.0. The smallest absolute Gasteiger partial charge is 0.274 e. The van der Waals surface area contributed by atoms with E-state index in [1.807, 2.05) is 0 Å². The number of amides is 1. The molecule has 3 heterocycles. The zero-order valence-electron chi connectivity index (χ0n) is 13.3. The van der Waals surface area contributed by atoms with E-state index in [2.05, 4.69) is 20.4 Å². The van der Waals surface area contributed by atoms with E-state index in [1.54, 1.807) is 20.0 Å². The Hall–Kier alpha value is -2.49. The first-order valence-corrected chi connectivity index (χ1v) is 9.16. The molecule has 24 heavy (non-hydrogen) atoms. The van der Waals surface area contributed by atoms with E-state index in [-0.39, 0.29) is 29.1 Å². The van der Waals surface area contributed by atoms with Crippen LogP contribution in [0.4, 0.5) is 11.6 Å². The molecule has 0 radical (unpaired) electrons. The Bertz CT molecular complexity index is 846. The summed E-state index contributed by atoms with van der Waals surface area (Å²) in [6.07, 6.45) is 3.21. The number of nitrogens with zero attached hydrogens (tertiary/aromatic N) is 4. The van der Waals surface area contributed by atoms with Crippen LogP contribution < -0.4 is 5.32 Å². The largest absolute Gasteiger partial charge is 0.360 e. The molecule has 2 aromatic rings. The lowest BCUT2D eigenvalue weighted by atomic mass is 10.2. The van der Waals surface area contributed by atoms with Crippen LogP contribution in [0.15, 0.2) is 23.0 Å². The zero-order valence-corrected chi connectivity index (χ0v) is 14.1. The number of carbonyl (C=O) groups is 1. The molecule has 3 rings (SSSR count). The highest BCUT2D eigenvalue weighted by atomic mass is 32.2. The van der Waals surface area contributed by atoms with Gasteiger partial charge in [0, 0.05) is 19.2 Å². The molecule has 2 aromatic heterocycles. The maximum atomic E-state index is 12.4. The van der Waals surface area contributed by atoms with Crippen LogP contribution in [-0.2, 0) is 9.84 Å². The number of aromatic nitrogens is 3. The van der Waals surface area contributed by atoms with E-state index >= 15 is 0 Å². The van der Waals surface area contributed by atoms with Gasteiger partial charge in [-0.3, -0.25) is 4.79 Å². The predicted molar refractivity (Wildman–Crippen MR) is 85.7 cm³/mol. The van der Waals surface area contributed by atoms with Crippen molar-refractivity contribution in [3.63, 3.8) is 0 Å². The van der Waals surface area contributed by atoms with Gasteiger partial charge in [0.25, 0.3) is 5.91 Å². The number of anilines is 2. The van der Waals surface area contributed by atoms with Gasteiger partial charge in [0.2, 0.25) is 0 Å².